The van der Waals surface area contributed by atoms with Gasteiger partial charge in [-0.15, -0.1) is 0 Å². The van der Waals surface area contributed by atoms with E-state index in [1.54, 1.807) is 6.26 Å². The fraction of sp³-hybridized carbons (Fsp3) is 0.200. The van der Waals surface area contributed by atoms with Crippen LogP contribution in [0.3, 0.4) is 0 Å². The zero-order valence-corrected chi connectivity index (χ0v) is 6.95. The summed E-state index contributed by atoms with van der Waals surface area (Å²) in [5.41, 5.74) is 2.29. The van der Waals surface area contributed by atoms with Gasteiger partial charge in [-0.25, -0.2) is 0 Å². The second-order valence-electron chi connectivity index (χ2n) is 3.02. The van der Waals surface area contributed by atoms with E-state index in [9.17, 15) is 0 Å². The molecule has 0 amide bonds. The van der Waals surface area contributed by atoms with Crippen LogP contribution in [0.4, 0.5) is 0 Å². The van der Waals surface area contributed by atoms with Gasteiger partial charge in [0.25, 0.3) is 0 Å². The summed E-state index contributed by atoms with van der Waals surface area (Å²) in [6.07, 6.45) is 3.63. The van der Waals surface area contributed by atoms with Crippen LogP contribution in [0, 0.1) is 0 Å². The summed E-state index contributed by atoms with van der Waals surface area (Å²) in [4.78, 5) is 0. The summed E-state index contributed by atoms with van der Waals surface area (Å²) in [5.74, 6) is 1.64. The zero-order chi connectivity index (χ0) is 8.67. The van der Waals surface area contributed by atoms with Crippen LogP contribution in [0.25, 0.3) is 6.08 Å². The Morgan fingerprint density at radius 2 is 1.92 bits per heavy atom. The van der Waals surface area contributed by atoms with Crippen LogP contribution < -0.4 is 9.47 Å². The van der Waals surface area contributed by atoms with Gasteiger partial charge < -0.3 is 14.2 Å². The van der Waals surface area contributed by atoms with Gasteiger partial charge in [-0.1, -0.05) is 0 Å². The van der Waals surface area contributed by atoms with E-state index in [0.29, 0.717) is 13.4 Å². The first-order valence-corrected chi connectivity index (χ1v) is 4.14. The molecule has 0 bridgehead atoms. The maximum Gasteiger partial charge on any atom is 0.231 e. The molecule has 0 saturated heterocycles. The molecular weight excluding hydrogens is 168 g/mol. The third kappa shape index (κ3) is 0.967. The number of ether oxygens (including phenoxy) is 3. The van der Waals surface area contributed by atoms with Gasteiger partial charge >= 0.3 is 0 Å². The molecule has 0 atom stereocenters. The van der Waals surface area contributed by atoms with Crippen molar-refractivity contribution in [2.75, 3.05) is 6.79 Å². The van der Waals surface area contributed by atoms with E-state index in [1.807, 2.05) is 18.2 Å². The van der Waals surface area contributed by atoms with Crippen molar-refractivity contribution in [2.45, 2.75) is 6.61 Å². The Morgan fingerprint density at radius 1 is 1.08 bits per heavy atom. The van der Waals surface area contributed by atoms with Gasteiger partial charge in [-0.05, 0) is 23.8 Å². The quantitative estimate of drug-likeness (QED) is 0.604. The van der Waals surface area contributed by atoms with Gasteiger partial charge in [0.2, 0.25) is 6.79 Å². The maximum atomic E-state index is 5.27. The minimum Gasteiger partial charge on any atom is -0.496 e. The van der Waals surface area contributed by atoms with E-state index < -0.39 is 0 Å². The minimum atomic E-state index is 0.322. The van der Waals surface area contributed by atoms with Crippen molar-refractivity contribution in [3.63, 3.8) is 0 Å². The Morgan fingerprint density at radius 3 is 2.85 bits per heavy atom. The highest BCUT2D eigenvalue weighted by Crippen LogP contribution is 2.36. The van der Waals surface area contributed by atoms with Crippen molar-refractivity contribution >= 4 is 6.08 Å². The number of hydrogen-bond acceptors (Lipinski definition) is 3. The van der Waals surface area contributed by atoms with Gasteiger partial charge in [0.1, 0.15) is 6.61 Å². The lowest BCUT2D eigenvalue weighted by atomic mass is 10.1. The third-order valence-corrected chi connectivity index (χ3v) is 2.22. The van der Waals surface area contributed by atoms with Crippen molar-refractivity contribution < 1.29 is 14.2 Å². The second-order valence-corrected chi connectivity index (χ2v) is 3.02. The van der Waals surface area contributed by atoms with E-state index in [4.69, 9.17) is 14.2 Å². The van der Waals surface area contributed by atoms with E-state index >= 15 is 0 Å². The van der Waals surface area contributed by atoms with E-state index in [0.717, 1.165) is 22.6 Å². The van der Waals surface area contributed by atoms with Crippen molar-refractivity contribution in [3.8, 4) is 11.5 Å². The summed E-state index contributed by atoms with van der Waals surface area (Å²) in [5, 5.41) is 0. The van der Waals surface area contributed by atoms with Crippen molar-refractivity contribution in [1.82, 2.24) is 0 Å². The molecule has 0 unspecified atom stereocenters. The molecule has 2 aliphatic rings. The average molecular weight is 176 g/mol. The molecule has 1 aromatic rings. The predicted molar refractivity (Wildman–Crippen MR) is 46.4 cm³/mol. The van der Waals surface area contributed by atoms with Crippen LogP contribution in [0.2, 0.25) is 0 Å². The molecular formula is C10H8O3. The smallest absolute Gasteiger partial charge is 0.231 e. The lowest BCUT2D eigenvalue weighted by Gasteiger charge is -2.11. The van der Waals surface area contributed by atoms with Crippen molar-refractivity contribution in [3.05, 3.63) is 29.5 Å². The Balaban J connectivity index is 2.18. The molecule has 0 fully saturated rings. The van der Waals surface area contributed by atoms with Gasteiger partial charge in [0.05, 0.1) is 6.26 Å². The molecule has 66 valence electrons. The fourth-order valence-corrected chi connectivity index (χ4v) is 1.54. The van der Waals surface area contributed by atoms with Crippen LogP contribution >= 0.6 is 0 Å². The second kappa shape index (κ2) is 2.42. The highest BCUT2D eigenvalue weighted by atomic mass is 16.7. The number of benzene rings is 1. The molecule has 2 aliphatic heterocycles. The first kappa shape index (κ1) is 6.83. The predicted octanol–water partition coefficient (Wildman–Crippen LogP) is 1.92. The lowest BCUT2D eigenvalue weighted by Crippen LogP contribution is -1.95. The maximum absolute atomic E-state index is 5.27. The average Bonchev–Trinajstić information content (AvgIpc) is 2.61. The largest absolute Gasteiger partial charge is 0.496 e. The molecule has 3 nitrogen and oxygen atoms in total. The standard InChI is InChI=1S/C10H8O3/c1-2-11-5-8-4-10-9(3-7(1)8)12-6-13-10/h1-4H,5-6H2. The fourth-order valence-electron chi connectivity index (χ4n) is 1.54. The van der Waals surface area contributed by atoms with Crippen LogP contribution in [-0.4, -0.2) is 6.79 Å². The topological polar surface area (TPSA) is 27.7 Å². The summed E-state index contributed by atoms with van der Waals surface area (Å²) in [6.45, 7) is 0.936. The molecule has 3 rings (SSSR count). The number of rotatable bonds is 0. The highest BCUT2D eigenvalue weighted by molar-refractivity contribution is 5.61. The first-order chi connectivity index (χ1) is 6.43. The number of hydrogen-bond donors (Lipinski definition) is 0. The number of fused-ring (bicyclic) bond motifs is 2. The van der Waals surface area contributed by atoms with Crippen LogP contribution in [0.15, 0.2) is 18.4 Å². The Labute approximate surface area is 75.5 Å². The molecule has 2 heterocycles. The first-order valence-electron chi connectivity index (χ1n) is 4.14. The lowest BCUT2D eigenvalue weighted by molar-refractivity contribution is 0.173. The summed E-state index contributed by atoms with van der Waals surface area (Å²) in [7, 11) is 0. The SMILES string of the molecule is C1=Cc2cc3c(cc2CO1)OCO3. The van der Waals surface area contributed by atoms with E-state index in [-0.39, 0.29) is 0 Å². The van der Waals surface area contributed by atoms with Crippen LogP contribution in [0.5, 0.6) is 11.5 Å². The van der Waals surface area contributed by atoms with Crippen molar-refractivity contribution in [2.24, 2.45) is 0 Å². The molecule has 0 aromatic heterocycles. The van der Waals surface area contributed by atoms with Gasteiger partial charge in [-0.3, -0.25) is 0 Å². The molecule has 0 aliphatic carbocycles. The molecule has 13 heavy (non-hydrogen) atoms. The molecule has 0 N–H and O–H groups in total. The summed E-state index contributed by atoms with van der Waals surface area (Å²) in [6, 6.07) is 3.96. The van der Waals surface area contributed by atoms with E-state index in [2.05, 4.69) is 0 Å². The Hall–Kier alpha value is -1.64. The highest BCUT2D eigenvalue weighted by Gasteiger charge is 2.17. The van der Waals surface area contributed by atoms with Crippen LogP contribution in [-0.2, 0) is 11.3 Å². The monoisotopic (exact) mass is 176 g/mol. The van der Waals surface area contributed by atoms with E-state index in [1.165, 1.54) is 0 Å². The van der Waals surface area contributed by atoms with Crippen molar-refractivity contribution in [1.29, 1.82) is 0 Å². The molecule has 0 radical (unpaired) electrons. The molecule has 3 heteroatoms. The molecule has 0 saturated carbocycles. The molecule has 1 aromatic carbocycles. The Kier molecular flexibility index (Phi) is 1.27. The molecule has 0 spiro atoms. The van der Waals surface area contributed by atoms with Gasteiger partial charge in [-0.2, -0.15) is 0 Å². The summed E-state index contributed by atoms with van der Waals surface area (Å²) >= 11 is 0. The Bertz CT molecular complexity index is 382. The van der Waals surface area contributed by atoms with Gasteiger partial charge in [0.15, 0.2) is 11.5 Å². The minimum absolute atomic E-state index is 0.322. The van der Waals surface area contributed by atoms with Gasteiger partial charge in [0, 0.05) is 5.56 Å². The summed E-state index contributed by atoms with van der Waals surface area (Å²) < 4.78 is 15.7. The zero-order valence-electron chi connectivity index (χ0n) is 6.95. The van der Waals surface area contributed by atoms with Crippen LogP contribution in [0.1, 0.15) is 11.1 Å². The third-order valence-electron chi connectivity index (χ3n) is 2.22. The normalized spacial score (nSPS) is 16.6.